The number of hydrogen-bond acceptors (Lipinski definition) is 6. The lowest BCUT2D eigenvalue weighted by atomic mass is 9.73. The zero-order valence-corrected chi connectivity index (χ0v) is 16.7. The van der Waals surface area contributed by atoms with Gasteiger partial charge < -0.3 is 14.2 Å². The van der Waals surface area contributed by atoms with Gasteiger partial charge in [-0.1, -0.05) is 19.0 Å². The van der Waals surface area contributed by atoms with Crippen LogP contribution in [-0.4, -0.2) is 71.8 Å². The molecule has 3 aliphatic rings. The summed E-state index contributed by atoms with van der Waals surface area (Å²) in [5.74, 6) is 2.15. The number of carbonyl (C=O) groups is 1. The van der Waals surface area contributed by atoms with Gasteiger partial charge in [0.05, 0.1) is 19.1 Å². The van der Waals surface area contributed by atoms with Crippen LogP contribution in [-0.2, 0) is 9.53 Å². The van der Waals surface area contributed by atoms with Crippen molar-refractivity contribution in [1.82, 2.24) is 19.9 Å². The number of likely N-dealkylation sites (tertiary alicyclic amines) is 1. The molecule has 150 valence electrons. The highest BCUT2D eigenvalue weighted by Gasteiger charge is 2.36. The maximum atomic E-state index is 12.4. The Bertz CT molecular complexity index is 643. The molecule has 4 rings (SSSR count). The number of rotatable bonds is 5. The number of morpholine rings is 1. The van der Waals surface area contributed by atoms with Crippen molar-refractivity contribution in [1.29, 1.82) is 0 Å². The highest BCUT2D eigenvalue weighted by molar-refractivity contribution is 5.79. The molecule has 0 spiro atoms. The Hall–Kier alpha value is -1.47. The Morgan fingerprint density at radius 3 is 2.59 bits per heavy atom. The van der Waals surface area contributed by atoms with Gasteiger partial charge >= 0.3 is 0 Å². The van der Waals surface area contributed by atoms with Gasteiger partial charge in [0.25, 0.3) is 0 Å². The predicted octanol–water partition coefficient (Wildman–Crippen LogP) is 2.40. The lowest BCUT2D eigenvalue weighted by molar-refractivity contribution is -0.128. The maximum Gasteiger partial charge on any atom is 0.232 e. The molecule has 0 bridgehead atoms. The highest BCUT2D eigenvalue weighted by Crippen LogP contribution is 2.42. The molecule has 1 saturated carbocycles. The normalized spacial score (nSPS) is 27.4. The van der Waals surface area contributed by atoms with Crippen LogP contribution in [0.2, 0.25) is 0 Å². The largest absolute Gasteiger partial charge is 0.379 e. The minimum absolute atomic E-state index is 0.0449. The third-order valence-corrected chi connectivity index (χ3v) is 6.52. The van der Waals surface area contributed by atoms with Crippen LogP contribution < -0.4 is 0 Å². The van der Waals surface area contributed by atoms with Crippen molar-refractivity contribution in [3.8, 4) is 0 Å². The molecule has 0 N–H and O–H groups in total. The maximum absolute atomic E-state index is 12.4. The van der Waals surface area contributed by atoms with E-state index in [0.717, 1.165) is 58.1 Å². The van der Waals surface area contributed by atoms with Crippen LogP contribution in [0.15, 0.2) is 4.52 Å². The minimum Gasteiger partial charge on any atom is -0.379 e. The fourth-order valence-electron chi connectivity index (χ4n) is 4.48. The zero-order chi connectivity index (χ0) is 18.9. The van der Waals surface area contributed by atoms with Gasteiger partial charge in [-0.25, -0.2) is 0 Å². The summed E-state index contributed by atoms with van der Waals surface area (Å²) >= 11 is 0. The molecule has 2 aliphatic heterocycles. The van der Waals surface area contributed by atoms with E-state index < -0.39 is 0 Å². The Kier molecular flexibility index (Phi) is 5.50. The third kappa shape index (κ3) is 4.51. The van der Waals surface area contributed by atoms with Crippen molar-refractivity contribution in [2.45, 2.75) is 57.8 Å². The molecule has 3 fully saturated rings. The molecule has 0 radical (unpaired) electrons. The molecular weight excluding hydrogens is 344 g/mol. The molecule has 0 aromatic carbocycles. The topological polar surface area (TPSA) is 71.7 Å². The standard InChI is InChI=1S/C20H32N4O3/c1-20(2)5-3-15(4-6-20)18-21-19(27-22-18)16-13-17(25)24(14-16)8-7-23-9-11-26-12-10-23/h15-16H,3-14H2,1-2H3/t16-/m0/s1. The summed E-state index contributed by atoms with van der Waals surface area (Å²) in [4.78, 5) is 21.4. The zero-order valence-electron chi connectivity index (χ0n) is 16.7. The van der Waals surface area contributed by atoms with E-state index in [9.17, 15) is 4.79 Å². The first-order valence-electron chi connectivity index (χ1n) is 10.4. The van der Waals surface area contributed by atoms with E-state index in [1.54, 1.807) is 0 Å². The van der Waals surface area contributed by atoms with Gasteiger partial charge in [-0.2, -0.15) is 4.98 Å². The van der Waals surface area contributed by atoms with E-state index in [2.05, 4.69) is 23.9 Å². The van der Waals surface area contributed by atoms with Crippen molar-refractivity contribution >= 4 is 5.91 Å². The average Bonchev–Trinajstić information content (AvgIpc) is 3.28. The van der Waals surface area contributed by atoms with Gasteiger partial charge in [-0.05, 0) is 31.1 Å². The molecule has 1 aromatic heterocycles. The van der Waals surface area contributed by atoms with E-state index in [1.165, 1.54) is 12.8 Å². The number of amides is 1. The van der Waals surface area contributed by atoms with Gasteiger partial charge in [0.1, 0.15) is 0 Å². The monoisotopic (exact) mass is 376 g/mol. The van der Waals surface area contributed by atoms with Crippen molar-refractivity contribution in [3.63, 3.8) is 0 Å². The molecule has 1 aliphatic carbocycles. The van der Waals surface area contributed by atoms with Gasteiger partial charge in [0, 0.05) is 45.1 Å². The second-order valence-electron chi connectivity index (χ2n) is 9.12. The molecule has 0 unspecified atom stereocenters. The third-order valence-electron chi connectivity index (χ3n) is 6.52. The van der Waals surface area contributed by atoms with Crippen molar-refractivity contribution in [3.05, 3.63) is 11.7 Å². The molecule has 1 amide bonds. The summed E-state index contributed by atoms with van der Waals surface area (Å²) in [5, 5.41) is 4.26. The molecule has 2 saturated heterocycles. The molecular formula is C20H32N4O3. The number of nitrogens with zero attached hydrogens (tertiary/aromatic N) is 4. The number of carbonyl (C=O) groups excluding carboxylic acids is 1. The Labute approximate surface area is 161 Å². The Morgan fingerprint density at radius 2 is 1.85 bits per heavy atom. The van der Waals surface area contributed by atoms with Gasteiger partial charge in [-0.15, -0.1) is 0 Å². The van der Waals surface area contributed by atoms with Crippen LogP contribution >= 0.6 is 0 Å². The van der Waals surface area contributed by atoms with E-state index in [1.807, 2.05) is 4.90 Å². The average molecular weight is 377 g/mol. The molecule has 7 nitrogen and oxygen atoms in total. The van der Waals surface area contributed by atoms with Crippen LogP contribution in [0, 0.1) is 5.41 Å². The smallest absolute Gasteiger partial charge is 0.232 e. The lowest BCUT2D eigenvalue weighted by Crippen LogP contribution is -2.41. The van der Waals surface area contributed by atoms with Crippen LogP contribution in [0.1, 0.15) is 69.5 Å². The van der Waals surface area contributed by atoms with Crippen molar-refractivity contribution in [2.75, 3.05) is 45.9 Å². The first-order valence-corrected chi connectivity index (χ1v) is 10.4. The van der Waals surface area contributed by atoms with E-state index >= 15 is 0 Å². The second kappa shape index (κ2) is 7.87. The first-order chi connectivity index (χ1) is 13.0. The predicted molar refractivity (Wildman–Crippen MR) is 100 cm³/mol. The second-order valence-corrected chi connectivity index (χ2v) is 9.12. The minimum atomic E-state index is 0.0449. The van der Waals surface area contributed by atoms with Gasteiger partial charge in [-0.3, -0.25) is 9.69 Å². The van der Waals surface area contributed by atoms with Crippen molar-refractivity contribution < 1.29 is 14.1 Å². The van der Waals surface area contributed by atoms with Crippen LogP contribution in [0.25, 0.3) is 0 Å². The summed E-state index contributed by atoms with van der Waals surface area (Å²) in [5.41, 5.74) is 0.432. The highest BCUT2D eigenvalue weighted by atomic mass is 16.5. The quantitative estimate of drug-likeness (QED) is 0.786. The summed E-state index contributed by atoms with van der Waals surface area (Å²) in [7, 11) is 0. The number of ether oxygens (including phenoxy) is 1. The van der Waals surface area contributed by atoms with Crippen molar-refractivity contribution in [2.24, 2.45) is 5.41 Å². The lowest BCUT2D eigenvalue weighted by Gasteiger charge is -2.32. The fraction of sp³-hybridized carbons (Fsp3) is 0.850. The van der Waals surface area contributed by atoms with E-state index in [0.29, 0.717) is 30.2 Å². The van der Waals surface area contributed by atoms with Gasteiger partial charge in [0.15, 0.2) is 5.82 Å². The molecule has 27 heavy (non-hydrogen) atoms. The number of hydrogen-bond donors (Lipinski definition) is 0. The summed E-state index contributed by atoms with van der Waals surface area (Å²) in [6, 6.07) is 0. The Balaban J connectivity index is 1.30. The molecule has 3 heterocycles. The first kappa shape index (κ1) is 18.9. The van der Waals surface area contributed by atoms with E-state index in [-0.39, 0.29) is 11.8 Å². The van der Waals surface area contributed by atoms with Crippen LogP contribution in [0.5, 0.6) is 0 Å². The molecule has 1 aromatic rings. The number of aromatic nitrogens is 2. The fourth-order valence-corrected chi connectivity index (χ4v) is 4.48. The summed E-state index contributed by atoms with van der Waals surface area (Å²) < 4.78 is 11.0. The Morgan fingerprint density at radius 1 is 1.11 bits per heavy atom. The SMILES string of the molecule is CC1(C)CCC(c2noc([C@H]3CC(=O)N(CCN4CCOCC4)C3)n2)CC1. The van der Waals surface area contributed by atoms with Crippen LogP contribution in [0.3, 0.4) is 0 Å². The molecule has 1 atom stereocenters. The molecule has 7 heteroatoms. The van der Waals surface area contributed by atoms with Gasteiger partial charge in [0.2, 0.25) is 11.8 Å². The van der Waals surface area contributed by atoms with E-state index in [4.69, 9.17) is 14.2 Å². The van der Waals surface area contributed by atoms with Crippen LogP contribution in [0.4, 0.5) is 0 Å². The summed E-state index contributed by atoms with van der Waals surface area (Å²) in [6.07, 6.45) is 5.16. The summed E-state index contributed by atoms with van der Waals surface area (Å²) in [6.45, 7) is 10.5.